The largest absolute Gasteiger partial charge is 0.313 e. The van der Waals surface area contributed by atoms with E-state index in [9.17, 15) is 8.78 Å². The number of benzene rings is 1. The normalized spacial score (nSPS) is 27.8. The van der Waals surface area contributed by atoms with Crippen LogP contribution in [-0.2, 0) is 0 Å². The van der Waals surface area contributed by atoms with Crippen LogP contribution >= 0.6 is 11.8 Å². The third-order valence-corrected chi connectivity index (χ3v) is 4.71. The molecule has 1 aromatic carbocycles. The lowest BCUT2D eigenvalue weighted by Crippen LogP contribution is -2.33. The second-order valence-electron chi connectivity index (χ2n) is 5.88. The summed E-state index contributed by atoms with van der Waals surface area (Å²) >= 11 is 5.93. The highest BCUT2D eigenvalue weighted by atomic mass is 35.5. The van der Waals surface area contributed by atoms with E-state index in [0.717, 1.165) is 38.9 Å². The van der Waals surface area contributed by atoms with Crippen LogP contribution in [0.4, 0.5) is 8.78 Å². The number of hydrogen-bond donors (Lipinski definition) is 1. The highest BCUT2D eigenvalue weighted by Crippen LogP contribution is 2.42. The van der Waals surface area contributed by atoms with Gasteiger partial charge in [0.1, 0.15) is 11.6 Å². The molecule has 2 fully saturated rings. The minimum absolute atomic E-state index is 0.124. The molecule has 0 spiro atoms. The fourth-order valence-electron chi connectivity index (χ4n) is 2.99. The van der Waals surface area contributed by atoms with Gasteiger partial charge in [0.25, 0.3) is 0 Å². The fraction of sp³-hybridized carbons (Fsp3) is 0.600. The molecule has 2 aliphatic rings. The van der Waals surface area contributed by atoms with Gasteiger partial charge >= 0.3 is 0 Å². The Labute approximate surface area is 123 Å². The maximum atomic E-state index is 13.7. The molecular weight excluding hydrogens is 282 g/mol. The molecule has 5 heteroatoms. The molecular formula is C15H19ClF2N2. The number of nitrogens with zero attached hydrogens (tertiary/aromatic N) is 1. The Bertz CT molecular complexity index is 475. The van der Waals surface area contributed by atoms with Gasteiger partial charge in [-0.1, -0.05) is 0 Å². The Kier molecular flexibility index (Phi) is 4.24. The summed E-state index contributed by atoms with van der Waals surface area (Å²) in [6.07, 6.45) is 3.10. The lowest BCUT2D eigenvalue weighted by atomic mass is 9.98. The predicted octanol–water partition coefficient (Wildman–Crippen LogP) is 3.28. The minimum Gasteiger partial charge on any atom is -0.313 e. The van der Waals surface area contributed by atoms with Gasteiger partial charge < -0.3 is 5.32 Å². The highest BCUT2D eigenvalue weighted by Gasteiger charge is 2.40. The molecule has 1 heterocycles. The Morgan fingerprint density at radius 1 is 1.25 bits per heavy atom. The van der Waals surface area contributed by atoms with Crippen LogP contribution in [0, 0.1) is 17.6 Å². The lowest BCUT2D eigenvalue weighted by Gasteiger charge is -2.27. The summed E-state index contributed by atoms with van der Waals surface area (Å²) in [5.41, 5.74) is 0.512. The molecule has 110 valence electrons. The van der Waals surface area contributed by atoms with Crippen LogP contribution in [0.2, 0.25) is 0 Å². The van der Waals surface area contributed by atoms with E-state index in [2.05, 4.69) is 5.32 Å². The molecule has 1 saturated heterocycles. The smallest absolute Gasteiger partial charge is 0.126 e. The van der Waals surface area contributed by atoms with Crippen molar-refractivity contribution < 1.29 is 8.78 Å². The van der Waals surface area contributed by atoms with Crippen LogP contribution in [0.1, 0.15) is 30.7 Å². The number of nitrogens with one attached hydrogen (secondary N) is 1. The Balaban J connectivity index is 1.48. The van der Waals surface area contributed by atoms with Gasteiger partial charge in [0.15, 0.2) is 0 Å². The van der Waals surface area contributed by atoms with Crippen molar-refractivity contribution in [1.29, 1.82) is 0 Å². The average molecular weight is 301 g/mol. The zero-order valence-electron chi connectivity index (χ0n) is 11.3. The number of hydrogen-bond acceptors (Lipinski definition) is 2. The predicted molar refractivity (Wildman–Crippen MR) is 75.7 cm³/mol. The van der Waals surface area contributed by atoms with Gasteiger partial charge in [-0.05, 0) is 67.3 Å². The van der Waals surface area contributed by atoms with E-state index in [0.29, 0.717) is 17.5 Å². The molecule has 1 aromatic rings. The summed E-state index contributed by atoms with van der Waals surface area (Å²) in [5.74, 6) is 0.111. The van der Waals surface area contributed by atoms with Crippen LogP contribution < -0.4 is 5.32 Å². The first-order valence-electron chi connectivity index (χ1n) is 7.22. The number of rotatable bonds is 4. The third-order valence-electron chi connectivity index (χ3n) is 4.38. The molecule has 0 unspecified atom stereocenters. The monoisotopic (exact) mass is 300 g/mol. The molecule has 2 atom stereocenters. The van der Waals surface area contributed by atoms with E-state index in [1.54, 1.807) is 0 Å². The van der Waals surface area contributed by atoms with E-state index in [1.165, 1.54) is 18.2 Å². The minimum atomic E-state index is -0.360. The van der Waals surface area contributed by atoms with E-state index < -0.39 is 0 Å². The highest BCUT2D eigenvalue weighted by molar-refractivity contribution is 6.13. The first-order chi connectivity index (χ1) is 9.63. The van der Waals surface area contributed by atoms with Gasteiger partial charge in [-0.3, -0.25) is 0 Å². The first-order valence-corrected chi connectivity index (χ1v) is 7.56. The molecule has 2 nitrogen and oxygen atoms in total. The summed E-state index contributed by atoms with van der Waals surface area (Å²) < 4.78 is 28.7. The Hall–Kier alpha value is -0.710. The number of halogens is 3. The zero-order chi connectivity index (χ0) is 14.1. The fourth-order valence-corrected chi connectivity index (χ4v) is 3.18. The van der Waals surface area contributed by atoms with Gasteiger partial charge in [-0.25, -0.2) is 13.2 Å². The van der Waals surface area contributed by atoms with Crippen molar-refractivity contribution in [2.24, 2.45) is 5.92 Å². The molecule has 0 amide bonds. The third kappa shape index (κ3) is 3.30. The summed E-state index contributed by atoms with van der Waals surface area (Å²) in [6, 6.07) is 4.01. The average Bonchev–Trinajstić information content (AvgIpc) is 3.20. The second-order valence-corrected chi connectivity index (χ2v) is 6.35. The van der Waals surface area contributed by atoms with Crippen molar-refractivity contribution in [3.8, 4) is 0 Å². The van der Waals surface area contributed by atoms with Crippen molar-refractivity contribution in [3.05, 3.63) is 35.4 Å². The van der Waals surface area contributed by atoms with Crippen LogP contribution in [0.3, 0.4) is 0 Å². The Morgan fingerprint density at radius 3 is 2.75 bits per heavy atom. The quantitative estimate of drug-likeness (QED) is 0.859. The van der Waals surface area contributed by atoms with Crippen molar-refractivity contribution in [1.82, 2.24) is 9.74 Å². The van der Waals surface area contributed by atoms with E-state index in [-0.39, 0.29) is 17.6 Å². The van der Waals surface area contributed by atoms with E-state index in [1.807, 2.05) is 4.42 Å². The molecule has 0 bridgehead atoms. The molecule has 1 aliphatic heterocycles. The summed E-state index contributed by atoms with van der Waals surface area (Å²) in [5, 5.41) is 3.49. The van der Waals surface area contributed by atoms with Crippen molar-refractivity contribution in [3.63, 3.8) is 0 Å². The van der Waals surface area contributed by atoms with Crippen molar-refractivity contribution in [2.45, 2.75) is 31.2 Å². The molecule has 1 saturated carbocycles. The van der Waals surface area contributed by atoms with E-state index in [4.69, 9.17) is 11.8 Å². The van der Waals surface area contributed by atoms with Gasteiger partial charge in [0.2, 0.25) is 0 Å². The van der Waals surface area contributed by atoms with Crippen LogP contribution in [0.5, 0.6) is 0 Å². The topological polar surface area (TPSA) is 15.3 Å². The van der Waals surface area contributed by atoms with Crippen LogP contribution in [-0.4, -0.2) is 30.1 Å². The standard InChI is InChI=1S/C15H19ClF2N2/c16-20-5-3-10(4-6-20)9-19-15-8-13(15)12-7-11(17)1-2-14(12)18/h1-2,7,10,13,15,19H,3-6,8-9H2/t13-,15+/m1/s1. The number of piperidine rings is 1. The SMILES string of the molecule is Fc1ccc(F)c([C@H]2C[C@@H]2NCC2CCN(Cl)CC2)c1. The molecule has 1 aliphatic carbocycles. The molecule has 1 N–H and O–H groups in total. The maximum absolute atomic E-state index is 13.7. The summed E-state index contributed by atoms with van der Waals surface area (Å²) in [7, 11) is 0. The van der Waals surface area contributed by atoms with Crippen molar-refractivity contribution in [2.75, 3.05) is 19.6 Å². The van der Waals surface area contributed by atoms with E-state index >= 15 is 0 Å². The van der Waals surface area contributed by atoms with Gasteiger partial charge in [-0.15, -0.1) is 0 Å². The maximum Gasteiger partial charge on any atom is 0.126 e. The molecule has 3 rings (SSSR count). The lowest BCUT2D eigenvalue weighted by molar-refractivity contribution is 0.275. The van der Waals surface area contributed by atoms with Gasteiger partial charge in [0, 0.05) is 25.0 Å². The van der Waals surface area contributed by atoms with Crippen LogP contribution in [0.15, 0.2) is 18.2 Å². The van der Waals surface area contributed by atoms with Gasteiger partial charge in [-0.2, -0.15) is 0 Å². The van der Waals surface area contributed by atoms with Crippen molar-refractivity contribution >= 4 is 11.8 Å². The molecule has 0 radical (unpaired) electrons. The zero-order valence-corrected chi connectivity index (χ0v) is 12.0. The summed E-state index contributed by atoms with van der Waals surface area (Å²) in [4.78, 5) is 0. The molecule has 20 heavy (non-hydrogen) atoms. The summed E-state index contributed by atoms with van der Waals surface area (Å²) in [6.45, 7) is 2.81. The van der Waals surface area contributed by atoms with Crippen LogP contribution in [0.25, 0.3) is 0 Å². The first kappa shape index (κ1) is 14.2. The Morgan fingerprint density at radius 2 is 2.00 bits per heavy atom. The van der Waals surface area contributed by atoms with Gasteiger partial charge in [0.05, 0.1) is 0 Å². The second kappa shape index (κ2) is 5.96. The molecule has 0 aromatic heterocycles.